The number of piperidine rings is 1. The molecule has 2 unspecified atom stereocenters. The smallest absolute Gasteiger partial charge is 0.410 e. The van der Waals surface area contributed by atoms with Crippen LogP contribution in [0.25, 0.3) is 16.7 Å². The molecule has 5 aromatic rings. The standard InChI is InChI=1S/C37H39FN4O5/c1-37(2,3)47-36(44)41-20-19-28(29(38)22-41)27-15-16-30-32(21-27)40(4)35(43)42(30)31-17-18-33(45-23-25-11-7-5-8-12-25)39-34(31)46-24-26-13-9-6-10-14-26/h5-18,21,28-29H,19-20,22-24H2,1-4H3. The molecule has 1 amide bonds. The highest BCUT2D eigenvalue weighted by Gasteiger charge is 2.35. The highest BCUT2D eigenvalue weighted by molar-refractivity contribution is 5.80. The number of aryl methyl sites for hydroxylation is 1. The van der Waals surface area contributed by atoms with E-state index in [4.69, 9.17) is 14.2 Å². The van der Waals surface area contributed by atoms with Crippen LogP contribution in [-0.4, -0.2) is 50.0 Å². The molecule has 2 atom stereocenters. The number of fused-ring (bicyclic) bond motifs is 1. The van der Waals surface area contributed by atoms with E-state index in [0.29, 0.717) is 42.2 Å². The van der Waals surface area contributed by atoms with E-state index >= 15 is 4.39 Å². The Kier molecular flexibility index (Phi) is 9.02. The summed E-state index contributed by atoms with van der Waals surface area (Å²) in [5.74, 6) is 0.184. The molecule has 2 aromatic heterocycles. The summed E-state index contributed by atoms with van der Waals surface area (Å²) in [5, 5.41) is 0. The molecule has 3 heterocycles. The third-order valence-electron chi connectivity index (χ3n) is 8.20. The minimum Gasteiger partial charge on any atom is -0.473 e. The van der Waals surface area contributed by atoms with Gasteiger partial charge in [0.25, 0.3) is 0 Å². The maximum absolute atomic E-state index is 15.6. The minimum absolute atomic E-state index is 0.0516. The predicted molar refractivity (Wildman–Crippen MR) is 178 cm³/mol. The highest BCUT2D eigenvalue weighted by Crippen LogP contribution is 2.34. The van der Waals surface area contributed by atoms with E-state index in [1.54, 1.807) is 49.1 Å². The van der Waals surface area contributed by atoms with E-state index < -0.39 is 23.8 Å². The summed E-state index contributed by atoms with van der Waals surface area (Å²) in [6.45, 7) is 6.27. The molecular weight excluding hydrogens is 599 g/mol. The number of halogens is 1. The normalized spacial score (nSPS) is 16.7. The highest BCUT2D eigenvalue weighted by atomic mass is 19.1. The van der Waals surface area contributed by atoms with Gasteiger partial charge in [0, 0.05) is 25.6 Å². The van der Waals surface area contributed by atoms with Crippen molar-refractivity contribution in [2.75, 3.05) is 13.1 Å². The fourth-order valence-corrected chi connectivity index (χ4v) is 5.82. The molecule has 9 nitrogen and oxygen atoms in total. The van der Waals surface area contributed by atoms with Crippen molar-refractivity contribution in [1.29, 1.82) is 0 Å². The number of hydrogen-bond acceptors (Lipinski definition) is 6. The molecule has 0 bridgehead atoms. The SMILES string of the molecule is Cn1c(=O)n(-c2ccc(OCc3ccccc3)nc2OCc2ccccc2)c2ccc(C3CCN(C(=O)OC(C)(C)C)CC3F)cc21. The van der Waals surface area contributed by atoms with Crippen LogP contribution < -0.4 is 15.2 Å². The van der Waals surface area contributed by atoms with Gasteiger partial charge in [0.15, 0.2) is 0 Å². The van der Waals surface area contributed by atoms with Gasteiger partial charge in [-0.25, -0.2) is 14.0 Å². The van der Waals surface area contributed by atoms with Gasteiger partial charge in [0.2, 0.25) is 11.8 Å². The van der Waals surface area contributed by atoms with Crippen LogP contribution in [0.5, 0.6) is 11.8 Å². The van der Waals surface area contributed by atoms with Crippen molar-refractivity contribution in [3.8, 4) is 17.4 Å². The fraction of sp³-hybridized carbons (Fsp3) is 0.324. The topological polar surface area (TPSA) is 87.8 Å². The van der Waals surface area contributed by atoms with Crippen LogP contribution >= 0.6 is 0 Å². The van der Waals surface area contributed by atoms with Crippen LogP contribution in [0.15, 0.2) is 95.8 Å². The molecule has 0 saturated carbocycles. The Labute approximate surface area is 273 Å². The maximum Gasteiger partial charge on any atom is 0.410 e. The molecule has 1 aliphatic heterocycles. The zero-order valence-electron chi connectivity index (χ0n) is 27.1. The number of pyridine rings is 1. The Bertz CT molecular complexity index is 1920. The number of benzene rings is 3. The first kappa shape index (κ1) is 31.8. The number of imidazole rings is 1. The fourth-order valence-electron chi connectivity index (χ4n) is 5.82. The second-order valence-electron chi connectivity index (χ2n) is 12.8. The average Bonchev–Trinajstić information content (AvgIpc) is 3.31. The van der Waals surface area contributed by atoms with Gasteiger partial charge in [-0.05, 0) is 62.1 Å². The van der Waals surface area contributed by atoms with Gasteiger partial charge >= 0.3 is 11.8 Å². The first-order chi connectivity index (χ1) is 22.6. The average molecular weight is 639 g/mol. The van der Waals surface area contributed by atoms with Gasteiger partial charge in [-0.2, -0.15) is 4.98 Å². The summed E-state index contributed by atoms with van der Waals surface area (Å²) in [4.78, 5) is 32.4. The third-order valence-corrected chi connectivity index (χ3v) is 8.20. The molecule has 0 spiro atoms. The molecule has 47 heavy (non-hydrogen) atoms. The molecule has 0 N–H and O–H groups in total. The second-order valence-corrected chi connectivity index (χ2v) is 12.8. The number of aromatic nitrogens is 3. The van der Waals surface area contributed by atoms with E-state index in [2.05, 4.69) is 4.98 Å². The number of alkyl halides is 1. The summed E-state index contributed by atoms with van der Waals surface area (Å²) >= 11 is 0. The van der Waals surface area contributed by atoms with Crippen LogP contribution in [0.4, 0.5) is 9.18 Å². The van der Waals surface area contributed by atoms with E-state index in [1.165, 1.54) is 4.90 Å². The van der Waals surface area contributed by atoms with E-state index in [1.807, 2.05) is 78.9 Å². The Morgan fingerprint density at radius 1 is 0.894 bits per heavy atom. The van der Waals surface area contributed by atoms with Crippen molar-refractivity contribution in [3.63, 3.8) is 0 Å². The van der Waals surface area contributed by atoms with Crippen molar-refractivity contribution >= 4 is 17.1 Å². The monoisotopic (exact) mass is 638 g/mol. The lowest BCUT2D eigenvalue weighted by atomic mass is 9.88. The Balaban J connectivity index is 1.30. The quantitative estimate of drug-likeness (QED) is 0.183. The molecule has 0 aliphatic carbocycles. The lowest BCUT2D eigenvalue weighted by Crippen LogP contribution is -2.46. The summed E-state index contributed by atoms with van der Waals surface area (Å²) in [5.41, 5.74) is 3.51. The molecule has 10 heteroatoms. The van der Waals surface area contributed by atoms with E-state index in [-0.39, 0.29) is 24.7 Å². The van der Waals surface area contributed by atoms with Crippen molar-refractivity contribution in [3.05, 3.63) is 118 Å². The number of nitrogens with zero attached hydrogens (tertiary/aromatic N) is 4. The molecule has 1 fully saturated rings. The lowest BCUT2D eigenvalue weighted by molar-refractivity contribution is 0.0111. The third kappa shape index (κ3) is 7.16. The summed E-state index contributed by atoms with van der Waals surface area (Å²) in [6, 6.07) is 28.5. The van der Waals surface area contributed by atoms with Crippen LogP contribution in [-0.2, 0) is 25.0 Å². The van der Waals surface area contributed by atoms with Crippen molar-refractivity contribution < 1.29 is 23.4 Å². The molecular formula is C37H39FN4O5. The first-order valence-electron chi connectivity index (χ1n) is 15.8. The number of hydrogen-bond donors (Lipinski definition) is 0. The van der Waals surface area contributed by atoms with Crippen molar-refractivity contribution in [1.82, 2.24) is 19.0 Å². The Morgan fingerprint density at radius 3 is 2.19 bits per heavy atom. The Morgan fingerprint density at radius 2 is 1.55 bits per heavy atom. The molecule has 244 valence electrons. The number of likely N-dealkylation sites (tertiary alicyclic amines) is 1. The van der Waals surface area contributed by atoms with Crippen molar-refractivity contribution in [2.45, 2.75) is 58.1 Å². The number of amides is 1. The molecule has 1 aliphatic rings. The summed E-state index contributed by atoms with van der Waals surface area (Å²) < 4.78 is 36.3. The lowest BCUT2D eigenvalue weighted by Gasteiger charge is -2.35. The van der Waals surface area contributed by atoms with E-state index in [0.717, 1.165) is 16.7 Å². The number of ether oxygens (including phenoxy) is 3. The second kappa shape index (κ2) is 13.3. The van der Waals surface area contributed by atoms with E-state index in [9.17, 15) is 9.59 Å². The first-order valence-corrected chi connectivity index (χ1v) is 15.8. The van der Waals surface area contributed by atoms with Gasteiger partial charge in [0.1, 0.15) is 30.7 Å². The number of carbonyl (C=O) groups excluding carboxylic acids is 1. The summed E-state index contributed by atoms with van der Waals surface area (Å²) in [6.07, 6.45) is -1.35. The molecule has 0 radical (unpaired) electrons. The number of carbonyl (C=O) groups is 1. The largest absolute Gasteiger partial charge is 0.473 e. The minimum atomic E-state index is -1.28. The van der Waals surface area contributed by atoms with Crippen LogP contribution in [0.1, 0.15) is 49.8 Å². The molecule has 1 saturated heterocycles. The molecule has 3 aromatic carbocycles. The van der Waals surface area contributed by atoms with Crippen LogP contribution in [0.3, 0.4) is 0 Å². The van der Waals surface area contributed by atoms with Crippen molar-refractivity contribution in [2.24, 2.45) is 7.05 Å². The number of rotatable bonds is 8. The van der Waals surface area contributed by atoms with Gasteiger partial charge in [0.05, 0.1) is 17.6 Å². The molecule has 6 rings (SSSR count). The van der Waals surface area contributed by atoms with Gasteiger partial charge in [-0.15, -0.1) is 0 Å². The predicted octanol–water partition coefficient (Wildman–Crippen LogP) is 6.94. The van der Waals surface area contributed by atoms with Crippen LogP contribution in [0.2, 0.25) is 0 Å². The zero-order chi connectivity index (χ0) is 33.1. The summed E-state index contributed by atoms with van der Waals surface area (Å²) in [7, 11) is 1.69. The Hall–Kier alpha value is -5.12. The van der Waals surface area contributed by atoms with Gasteiger partial charge < -0.3 is 19.1 Å². The maximum atomic E-state index is 15.6. The van der Waals surface area contributed by atoms with Crippen LogP contribution in [0, 0.1) is 0 Å². The van der Waals surface area contributed by atoms with Gasteiger partial charge in [-0.3, -0.25) is 9.13 Å². The zero-order valence-corrected chi connectivity index (χ0v) is 27.1. The van der Waals surface area contributed by atoms with Gasteiger partial charge in [-0.1, -0.05) is 66.7 Å².